The van der Waals surface area contributed by atoms with E-state index in [0.29, 0.717) is 29.9 Å². The number of amides is 1. The Labute approximate surface area is 158 Å². The molecule has 1 amide bonds. The van der Waals surface area contributed by atoms with Gasteiger partial charge in [-0.3, -0.25) is 9.52 Å². The first kappa shape index (κ1) is 19.3. The third kappa shape index (κ3) is 4.45. The number of carbonyl (C=O) groups is 1. The number of nitrogens with one attached hydrogen (secondary N) is 1. The van der Waals surface area contributed by atoms with Crippen molar-refractivity contribution in [2.24, 2.45) is 0 Å². The molecule has 2 aromatic carbocycles. The van der Waals surface area contributed by atoms with Crippen LogP contribution in [0, 0.1) is 12.7 Å². The Hall–Kier alpha value is -2.45. The van der Waals surface area contributed by atoms with Crippen molar-refractivity contribution in [1.29, 1.82) is 0 Å². The van der Waals surface area contributed by atoms with Gasteiger partial charge in [0.05, 0.1) is 4.90 Å². The summed E-state index contributed by atoms with van der Waals surface area (Å²) >= 11 is 0. The predicted molar refractivity (Wildman–Crippen MR) is 102 cm³/mol. The second-order valence-electron chi connectivity index (χ2n) is 6.69. The quantitative estimate of drug-likeness (QED) is 0.869. The summed E-state index contributed by atoms with van der Waals surface area (Å²) in [5, 5.41) is 0. The van der Waals surface area contributed by atoms with Crippen molar-refractivity contribution in [3.63, 3.8) is 0 Å². The van der Waals surface area contributed by atoms with Crippen LogP contribution in [0.15, 0.2) is 47.4 Å². The smallest absolute Gasteiger partial charge is 0.262 e. The molecule has 0 atom stereocenters. The maximum absolute atomic E-state index is 13.2. The summed E-state index contributed by atoms with van der Waals surface area (Å²) in [4.78, 5) is 16.5. The lowest BCUT2D eigenvalue weighted by Crippen LogP contribution is -2.47. The Kier molecular flexibility index (Phi) is 5.48. The molecular weight excluding hydrogens is 369 g/mol. The van der Waals surface area contributed by atoms with Gasteiger partial charge in [0.15, 0.2) is 0 Å². The van der Waals surface area contributed by atoms with Crippen LogP contribution in [0.4, 0.5) is 10.1 Å². The maximum Gasteiger partial charge on any atom is 0.262 e. The Morgan fingerprint density at radius 2 is 1.67 bits per heavy atom. The van der Waals surface area contributed by atoms with E-state index in [2.05, 4.69) is 9.62 Å². The third-order valence-corrected chi connectivity index (χ3v) is 6.14. The van der Waals surface area contributed by atoms with Gasteiger partial charge in [-0.1, -0.05) is 0 Å². The van der Waals surface area contributed by atoms with Crippen LogP contribution >= 0.6 is 0 Å². The molecule has 0 unspecified atom stereocenters. The first-order chi connectivity index (χ1) is 12.8. The number of carbonyl (C=O) groups excluding carboxylic acids is 1. The monoisotopic (exact) mass is 391 g/mol. The molecule has 27 heavy (non-hydrogen) atoms. The van der Waals surface area contributed by atoms with E-state index in [1.165, 1.54) is 19.1 Å². The Balaban J connectivity index is 1.72. The van der Waals surface area contributed by atoms with Crippen LogP contribution in [-0.2, 0) is 10.0 Å². The number of rotatable bonds is 4. The molecule has 0 spiro atoms. The lowest BCUT2D eigenvalue weighted by Gasteiger charge is -2.32. The van der Waals surface area contributed by atoms with E-state index in [1.54, 1.807) is 29.2 Å². The molecule has 3 rings (SSSR count). The molecule has 1 aliphatic heterocycles. The highest BCUT2D eigenvalue weighted by molar-refractivity contribution is 7.92. The second-order valence-corrected chi connectivity index (χ2v) is 8.34. The number of hydrogen-bond acceptors (Lipinski definition) is 4. The zero-order valence-corrected chi connectivity index (χ0v) is 16.1. The number of halogens is 1. The van der Waals surface area contributed by atoms with Crippen LogP contribution in [0.25, 0.3) is 0 Å². The summed E-state index contributed by atoms with van der Waals surface area (Å²) in [7, 11) is -1.82. The summed E-state index contributed by atoms with van der Waals surface area (Å²) in [5.41, 5.74) is 1.18. The molecule has 0 radical (unpaired) electrons. The fraction of sp³-hybridized carbons (Fsp3) is 0.316. The molecule has 2 aromatic rings. The zero-order chi connectivity index (χ0) is 19.6. The fourth-order valence-corrected chi connectivity index (χ4v) is 4.28. The Morgan fingerprint density at radius 1 is 1.04 bits per heavy atom. The fourth-order valence-electron chi connectivity index (χ4n) is 3.00. The van der Waals surface area contributed by atoms with Gasteiger partial charge in [0.2, 0.25) is 0 Å². The second kappa shape index (κ2) is 7.66. The molecule has 1 saturated heterocycles. The van der Waals surface area contributed by atoms with Gasteiger partial charge < -0.3 is 9.80 Å². The summed E-state index contributed by atoms with van der Waals surface area (Å²) in [6.45, 7) is 4.55. The van der Waals surface area contributed by atoms with Gasteiger partial charge in [-0.2, -0.15) is 0 Å². The number of aryl methyl sites for hydroxylation is 1. The van der Waals surface area contributed by atoms with Crippen molar-refractivity contribution in [2.75, 3.05) is 37.9 Å². The molecule has 0 saturated carbocycles. The van der Waals surface area contributed by atoms with Crippen molar-refractivity contribution in [3.8, 4) is 0 Å². The molecule has 8 heteroatoms. The van der Waals surface area contributed by atoms with Crippen molar-refractivity contribution >= 4 is 21.6 Å². The van der Waals surface area contributed by atoms with Crippen LogP contribution in [0.1, 0.15) is 15.9 Å². The summed E-state index contributed by atoms with van der Waals surface area (Å²) < 4.78 is 40.7. The highest BCUT2D eigenvalue weighted by Crippen LogP contribution is 2.21. The van der Waals surface area contributed by atoms with E-state index in [1.807, 2.05) is 7.05 Å². The minimum atomic E-state index is -3.84. The Bertz CT molecular complexity index is 937. The minimum absolute atomic E-state index is 0.0153. The average molecular weight is 391 g/mol. The third-order valence-electron chi connectivity index (χ3n) is 4.60. The van der Waals surface area contributed by atoms with Gasteiger partial charge in [-0.25, -0.2) is 12.8 Å². The molecule has 0 bridgehead atoms. The van der Waals surface area contributed by atoms with Gasteiger partial charge in [0.25, 0.3) is 15.9 Å². The van der Waals surface area contributed by atoms with Gasteiger partial charge in [-0.15, -0.1) is 0 Å². The summed E-state index contributed by atoms with van der Waals surface area (Å²) in [6.07, 6.45) is 0. The molecule has 6 nitrogen and oxygen atoms in total. The molecule has 0 aromatic heterocycles. The van der Waals surface area contributed by atoms with Crippen LogP contribution < -0.4 is 4.72 Å². The lowest BCUT2D eigenvalue weighted by molar-refractivity contribution is 0.0664. The summed E-state index contributed by atoms with van der Waals surface area (Å²) in [6, 6.07) is 9.84. The van der Waals surface area contributed by atoms with Gasteiger partial charge in [0.1, 0.15) is 5.82 Å². The van der Waals surface area contributed by atoms with E-state index in [-0.39, 0.29) is 10.8 Å². The molecule has 1 heterocycles. The number of likely N-dealkylation sites (N-methyl/N-ethyl adjacent to an activating group) is 1. The normalized spacial score (nSPS) is 15.6. The van der Waals surface area contributed by atoms with Gasteiger partial charge in [0, 0.05) is 37.4 Å². The number of benzene rings is 2. The first-order valence-corrected chi connectivity index (χ1v) is 10.1. The lowest BCUT2D eigenvalue weighted by atomic mass is 10.1. The highest BCUT2D eigenvalue weighted by Gasteiger charge is 2.21. The van der Waals surface area contributed by atoms with Crippen molar-refractivity contribution in [1.82, 2.24) is 9.80 Å². The van der Waals surface area contributed by atoms with Gasteiger partial charge >= 0.3 is 0 Å². The van der Waals surface area contributed by atoms with Gasteiger partial charge in [-0.05, 0) is 62.0 Å². The number of anilines is 1. The molecule has 144 valence electrons. The van der Waals surface area contributed by atoms with E-state index < -0.39 is 15.8 Å². The van der Waals surface area contributed by atoms with E-state index in [4.69, 9.17) is 0 Å². The van der Waals surface area contributed by atoms with Crippen molar-refractivity contribution < 1.29 is 17.6 Å². The number of piperazine rings is 1. The highest BCUT2D eigenvalue weighted by atomic mass is 32.2. The minimum Gasteiger partial charge on any atom is -0.336 e. The van der Waals surface area contributed by atoms with Crippen LogP contribution in [0.5, 0.6) is 0 Å². The Morgan fingerprint density at radius 3 is 2.26 bits per heavy atom. The van der Waals surface area contributed by atoms with Crippen molar-refractivity contribution in [2.45, 2.75) is 11.8 Å². The maximum atomic E-state index is 13.2. The number of hydrogen-bond donors (Lipinski definition) is 1. The average Bonchev–Trinajstić information content (AvgIpc) is 2.62. The standard InChI is InChI=1S/C19H22FN3O3S/c1-14-13-16(20)5-8-18(14)27(25,26)21-17-6-3-15(4-7-17)19(24)23-11-9-22(2)10-12-23/h3-8,13,21H,9-12H2,1-2H3. The predicted octanol–water partition coefficient (Wildman–Crippen LogP) is 2.32. The molecule has 1 N–H and O–H groups in total. The largest absolute Gasteiger partial charge is 0.336 e. The van der Waals surface area contributed by atoms with Crippen LogP contribution in [0.3, 0.4) is 0 Å². The zero-order valence-electron chi connectivity index (χ0n) is 15.3. The molecule has 1 aliphatic rings. The van der Waals surface area contributed by atoms with Crippen LogP contribution in [0.2, 0.25) is 0 Å². The summed E-state index contributed by atoms with van der Waals surface area (Å²) in [5.74, 6) is -0.551. The molecular formula is C19H22FN3O3S. The first-order valence-electron chi connectivity index (χ1n) is 8.63. The SMILES string of the molecule is Cc1cc(F)ccc1S(=O)(=O)Nc1ccc(C(=O)N2CCN(C)CC2)cc1. The molecule has 0 aliphatic carbocycles. The number of nitrogens with zero attached hydrogens (tertiary/aromatic N) is 2. The number of sulfonamides is 1. The topological polar surface area (TPSA) is 69.7 Å². The van der Waals surface area contributed by atoms with E-state index >= 15 is 0 Å². The van der Waals surface area contributed by atoms with Crippen molar-refractivity contribution in [3.05, 3.63) is 59.4 Å². The van der Waals surface area contributed by atoms with E-state index in [9.17, 15) is 17.6 Å². The molecule has 1 fully saturated rings. The van der Waals surface area contributed by atoms with Crippen LogP contribution in [-0.4, -0.2) is 57.4 Å². The van der Waals surface area contributed by atoms with E-state index in [0.717, 1.165) is 19.2 Å².